The van der Waals surface area contributed by atoms with Gasteiger partial charge in [0, 0.05) is 13.7 Å². The van der Waals surface area contributed by atoms with E-state index >= 15 is 0 Å². The first kappa shape index (κ1) is 21.3. The molecule has 0 bridgehead atoms. The zero-order chi connectivity index (χ0) is 18.5. The van der Waals surface area contributed by atoms with Gasteiger partial charge in [0.1, 0.15) is 0 Å². The van der Waals surface area contributed by atoms with Gasteiger partial charge in [0.05, 0.1) is 19.6 Å². The number of unbranched alkanes of at least 4 members (excludes halogenated alkanes) is 4. The van der Waals surface area contributed by atoms with Crippen LogP contribution in [0.25, 0.3) is 0 Å². The maximum atomic E-state index is 11.9. The van der Waals surface area contributed by atoms with Gasteiger partial charge >= 0.3 is 0 Å². The number of primary amides is 1. The molecule has 0 saturated heterocycles. The average Bonchev–Trinajstić information content (AvgIpc) is 2.61. The molecule has 142 valence electrons. The summed E-state index contributed by atoms with van der Waals surface area (Å²) in [6.45, 7) is 3.48. The first-order valence-corrected chi connectivity index (χ1v) is 9.23. The number of benzene rings is 1. The third-order valence-corrected chi connectivity index (χ3v) is 4.28. The van der Waals surface area contributed by atoms with Crippen LogP contribution in [-0.4, -0.2) is 33.3 Å². The molecule has 1 aromatic carbocycles. The summed E-state index contributed by atoms with van der Waals surface area (Å²) in [6.07, 6.45) is 7.10. The average molecular weight is 351 g/mol. The topological polar surface area (TPSA) is 70.8 Å². The van der Waals surface area contributed by atoms with Crippen molar-refractivity contribution in [1.82, 2.24) is 0 Å². The Labute approximate surface area is 151 Å². The summed E-state index contributed by atoms with van der Waals surface area (Å²) >= 11 is 0. The summed E-state index contributed by atoms with van der Waals surface area (Å²) in [4.78, 5) is 11.9. The third-order valence-electron chi connectivity index (χ3n) is 4.28. The van der Waals surface area contributed by atoms with Crippen molar-refractivity contribution in [2.45, 2.75) is 57.8 Å². The van der Waals surface area contributed by atoms with Crippen molar-refractivity contribution in [2.24, 2.45) is 5.73 Å². The van der Waals surface area contributed by atoms with E-state index in [0.29, 0.717) is 18.1 Å². The molecule has 0 aromatic heterocycles. The zero-order valence-electron chi connectivity index (χ0n) is 15.9. The van der Waals surface area contributed by atoms with Gasteiger partial charge in [-0.3, -0.25) is 4.79 Å². The number of hydrogen-bond donors (Lipinski definition) is 1. The van der Waals surface area contributed by atoms with Crippen LogP contribution in [0.5, 0.6) is 11.5 Å². The highest BCUT2D eigenvalue weighted by molar-refractivity contribution is 5.82. The first-order valence-electron chi connectivity index (χ1n) is 9.23. The Bertz CT molecular complexity index is 504. The van der Waals surface area contributed by atoms with Gasteiger partial charge in [-0.1, -0.05) is 38.7 Å². The summed E-state index contributed by atoms with van der Waals surface area (Å²) in [5.74, 6) is 0.772. The molecule has 0 aliphatic heterocycles. The SMILES string of the molecule is CCCCCCC(C(N)=O)c1ccc(OC)c(OCCCCOC)c1. The van der Waals surface area contributed by atoms with E-state index < -0.39 is 0 Å². The van der Waals surface area contributed by atoms with Crippen LogP contribution in [0, 0.1) is 0 Å². The summed E-state index contributed by atoms with van der Waals surface area (Å²) in [5, 5.41) is 0. The maximum absolute atomic E-state index is 11.9. The van der Waals surface area contributed by atoms with Gasteiger partial charge in [0.25, 0.3) is 0 Å². The van der Waals surface area contributed by atoms with Crippen LogP contribution in [0.2, 0.25) is 0 Å². The third kappa shape index (κ3) is 7.78. The summed E-state index contributed by atoms with van der Waals surface area (Å²) in [6, 6.07) is 5.65. The van der Waals surface area contributed by atoms with Crippen LogP contribution in [-0.2, 0) is 9.53 Å². The van der Waals surface area contributed by atoms with E-state index in [0.717, 1.165) is 44.3 Å². The quantitative estimate of drug-likeness (QED) is 0.514. The van der Waals surface area contributed by atoms with Gasteiger partial charge in [0.15, 0.2) is 11.5 Å². The van der Waals surface area contributed by atoms with Crippen LogP contribution < -0.4 is 15.2 Å². The van der Waals surface area contributed by atoms with Crippen molar-refractivity contribution in [2.75, 3.05) is 27.4 Å². The Morgan fingerprint density at radius 2 is 1.80 bits per heavy atom. The monoisotopic (exact) mass is 351 g/mol. The number of amides is 1. The van der Waals surface area contributed by atoms with E-state index in [1.165, 1.54) is 12.8 Å². The zero-order valence-corrected chi connectivity index (χ0v) is 15.9. The lowest BCUT2D eigenvalue weighted by atomic mass is 9.92. The van der Waals surface area contributed by atoms with E-state index in [9.17, 15) is 4.79 Å². The Kier molecular flexibility index (Phi) is 10.7. The Morgan fingerprint density at radius 1 is 1.04 bits per heavy atom. The Balaban J connectivity index is 2.75. The second-order valence-corrected chi connectivity index (χ2v) is 6.26. The number of nitrogens with two attached hydrogens (primary N) is 1. The van der Waals surface area contributed by atoms with E-state index in [1.54, 1.807) is 14.2 Å². The Morgan fingerprint density at radius 3 is 2.44 bits per heavy atom. The smallest absolute Gasteiger partial charge is 0.224 e. The van der Waals surface area contributed by atoms with Gasteiger partial charge < -0.3 is 19.9 Å². The summed E-state index contributed by atoms with van der Waals surface area (Å²) < 4.78 is 16.3. The number of methoxy groups -OCH3 is 2. The molecule has 25 heavy (non-hydrogen) atoms. The number of carbonyl (C=O) groups is 1. The molecule has 0 aliphatic carbocycles. The molecular weight excluding hydrogens is 318 g/mol. The molecule has 0 saturated carbocycles. The second-order valence-electron chi connectivity index (χ2n) is 6.26. The van der Waals surface area contributed by atoms with Gasteiger partial charge in [-0.25, -0.2) is 0 Å². The molecule has 0 heterocycles. The van der Waals surface area contributed by atoms with Crippen LogP contribution >= 0.6 is 0 Å². The van der Waals surface area contributed by atoms with Gasteiger partial charge in [0.2, 0.25) is 5.91 Å². The molecular formula is C20H33NO4. The van der Waals surface area contributed by atoms with E-state index in [-0.39, 0.29) is 11.8 Å². The normalized spacial score (nSPS) is 12.0. The highest BCUT2D eigenvalue weighted by Gasteiger charge is 2.19. The minimum absolute atomic E-state index is 0.279. The molecule has 1 unspecified atom stereocenters. The lowest BCUT2D eigenvalue weighted by molar-refractivity contribution is -0.119. The van der Waals surface area contributed by atoms with Gasteiger partial charge in [-0.15, -0.1) is 0 Å². The first-order chi connectivity index (χ1) is 12.1. The maximum Gasteiger partial charge on any atom is 0.224 e. The molecule has 5 nitrogen and oxygen atoms in total. The molecule has 5 heteroatoms. The number of hydrogen-bond acceptors (Lipinski definition) is 4. The lowest BCUT2D eigenvalue weighted by Crippen LogP contribution is -2.21. The number of ether oxygens (including phenoxy) is 3. The summed E-state index contributed by atoms with van der Waals surface area (Å²) in [5.41, 5.74) is 6.53. The van der Waals surface area contributed by atoms with Gasteiger partial charge in [-0.05, 0) is 37.0 Å². The Hall–Kier alpha value is -1.75. The molecule has 0 fully saturated rings. The largest absolute Gasteiger partial charge is 0.493 e. The minimum atomic E-state index is -0.285. The van der Waals surface area contributed by atoms with E-state index in [4.69, 9.17) is 19.9 Å². The predicted octanol–water partition coefficient (Wildman–Crippen LogP) is 4.04. The highest BCUT2D eigenvalue weighted by atomic mass is 16.5. The van der Waals surface area contributed by atoms with Crippen molar-refractivity contribution in [3.05, 3.63) is 23.8 Å². The fraction of sp³-hybridized carbons (Fsp3) is 0.650. The lowest BCUT2D eigenvalue weighted by Gasteiger charge is -2.17. The van der Waals surface area contributed by atoms with Crippen LogP contribution in [0.3, 0.4) is 0 Å². The van der Waals surface area contributed by atoms with Crippen molar-refractivity contribution in [3.8, 4) is 11.5 Å². The predicted molar refractivity (Wildman–Crippen MR) is 100 cm³/mol. The standard InChI is InChI=1S/C20H33NO4/c1-4-5-6-7-10-17(20(21)22)16-11-12-18(24-3)19(15-16)25-14-9-8-13-23-2/h11-12,15,17H,4-10,13-14H2,1-3H3,(H2,21,22). The van der Waals surface area contributed by atoms with Crippen molar-refractivity contribution < 1.29 is 19.0 Å². The molecule has 0 radical (unpaired) electrons. The van der Waals surface area contributed by atoms with Crippen LogP contribution in [0.15, 0.2) is 18.2 Å². The fourth-order valence-electron chi connectivity index (χ4n) is 2.80. The molecule has 0 spiro atoms. The van der Waals surface area contributed by atoms with E-state index in [2.05, 4.69) is 6.92 Å². The number of carbonyl (C=O) groups excluding carboxylic acids is 1. The van der Waals surface area contributed by atoms with Crippen LogP contribution in [0.1, 0.15) is 63.4 Å². The second kappa shape index (κ2) is 12.6. The molecule has 1 atom stereocenters. The highest BCUT2D eigenvalue weighted by Crippen LogP contribution is 2.33. The van der Waals surface area contributed by atoms with Crippen molar-refractivity contribution in [1.29, 1.82) is 0 Å². The molecule has 1 amide bonds. The molecule has 1 aromatic rings. The summed E-state index contributed by atoms with van der Waals surface area (Å²) in [7, 11) is 3.31. The fourth-order valence-corrected chi connectivity index (χ4v) is 2.80. The van der Waals surface area contributed by atoms with Gasteiger partial charge in [-0.2, -0.15) is 0 Å². The van der Waals surface area contributed by atoms with Crippen molar-refractivity contribution in [3.63, 3.8) is 0 Å². The molecule has 1 rings (SSSR count). The van der Waals surface area contributed by atoms with Crippen LogP contribution in [0.4, 0.5) is 0 Å². The van der Waals surface area contributed by atoms with Crippen molar-refractivity contribution >= 4 is 5.91 Å². The number of rotatable bonds is 14. The molecule has 0 aliphatic rings. The minimum Gasteiger partial charge on any atom is -0.493 e. The van der Waals surface area contributed by atoms with E-state index in [1.807, 2.05) is 18.2 Å². The molecule has 2 N–H and O–H groups in total.